The molecule has 0 saturated carbocycles. The summed E-state index contributed by atoms with van der Waals surface area (Å²) in [5.41, 5.74) is 1.89. The van der Waals surface area contributed by atoms with Crippen LogP contribution in [0.1, 0.15) is 0 Å². The van der Waals surface area contributed by atoms with E-state index in [-0.39, 0.29) is 11.8 Å². The average molecular weight is 223 g/mol. The van der Waals surface area contributed by atoms with Gasteiger partial charge in [0.2, 0.25) is 5.91 Å². The third-order valence-corrected chi connectivity index (χ3v) is 2.57. The van der Waals surface area contributed by atoms with E-state index >= 15 is 0 Å². The molecule has 0 aliphatic rings. The molecule has 0 aliphatic heterocycles. The predicted molar refractivity (Wildman–Crippen MR) is 62.3 cm³/mol. The minimum absolute atomic E-state index is 0.0246. The minimum Gasteiger partial charge on any atom is -0.350 e. The predicted octanol–water partition coefficient (Wildman–Crippen LogP) is 2.36. The zero-order chi connectivity index (χ0) is 10.8. The Balaban J connectivity index is 2.47. The number of halogens is 1. The van der Waals surface area contributed by atoms with Crippen LogP contribution in [0.15, 0.2) is 30.5 Å². The molecule has 2 rings (SSSR count). The second kappa shape index (κ2) is 3.95. The van der Waals surface area contributed by atoms with Crippen molar-refractivity contribution in [1.82, 2.24) is 4.57 Å². The molecule has 1 N–H and O–H groups in total. The standard InChI is InChI=1S/C11H11ClN2O/c1-14-6-5-8-9(13-11(15)7-12)3-2-4-10(8)14/h2-6H,7H2,1H3,(H,13,15). The SMILES string of the molecule is Cn1ccc2c(NC(=O)CCl)cccc21. The van der Waals surface area contributed by atoms with Crippen molar-refractivity contribution < 1.29 is 4.79 Å². The van der Waals surface area contributed by atoms with E-state index in [9.17, 15) is 4.79 Å². The molecule has 1 heterocycles. The number of aryl methyl sites for hydroxylation is 1. The molecule has 0 spiro atoms. The van der Waals surface area contributed by atoms with E-state index in [2.05, 4.69) is 5.32 Å². The molecule has 0 atom stereocenters. The van der Waals surface area contributed by atoms with Gasteiger partial charge in [-0.1, -0.05) is 6.07 Å². The summed E-state index contributed by atoms with van der Waals surface area (Å²) >= 11 is 5.44. The van der Waals surface area contributed by atoms with Gasteiger partial charge in [0, 0.05) is 24.1 Å². The third-order valence-electron chi connectivity index (χ3n) is 2.32. The Bertz CT molecular complexity index is 504. The summed E-state index contributed by atoms with van der Waals surface area (Å²) in [4.78, 5) is 11.2. The lowest BCUT2D eigenvalue weighted by molar-refractivity contribution is -0.113. The number of carbonyl (C=O) groups is 1. The second-order valence-corrected chi connectivity index (χ2v) is 3.61. The highest BCUT2D eigenvalue weighted by Crippen LogP contribution is 2.23. The quantitative estimate of drug-likeness (QED) is 0.778. The number of benzene rings is 1. The Morgan fingerprint density at radius 1 is 1.47 bits per heavy atom. The van der Waals surface area contributed by atoms with Gasteiger partial charge >= 0.3 is 0 Å². The molecule has 3 nitrogen and oxygen atoms in total. The first-order valence-electron chi connectivity index (χ1n) is 4.62. The Kier molecular flexibility index (Phi) is 2.64. The highest BCUT2D eigenvalue weighted by Gasteiger charge is 2.05. The number of nitrogens with one attached hydrogen (secondary N) is 1. The smallest absolute Gasteiger partial charge is 0.239 e. The van der Waals surface area contributed by atoms with Crippen molar-refractivity contribution in [2.45, 2.75) is 0 Å². The van der Waals surface area contributed by atoms with Crippen molar-refractivity contribution in [2.75, 3.05) is 11.2 Å². The first-order chi connectivity index (χ1) is 7.22. The van der Waals surface area contributed by atoms with Crippen LogP contribution in [-0.2, 0) is 11.8 Å². The summed E-state index contributed by atoms with van der Waals surface area (Å²) in [6, 6.07) is 7.75. The van der Waals surface area contributed by atoms with Crippen LogP contribution in [-0.4, -0.2) is 16.4 Å². The van der Waals surface area contributed by atoms with Crippen LogP contribution >= 0.6 is 11.6 Å². The van der Waals surface area contributed by atoms with Gasteiger partial charge in [0.15, 0.2) is 0 Å². The third kappa shape index (κ3) is 1.83. The van der Waals surface area contributed by atoms with Crippen molar-refractivity contribution >= 4 is 34.1 Å². The number of aromatic nitrogens is 1. The molecule has 0 aliphatic carbocycles. The number of anilines is 1. The van der Waals surface area contributed by atoms with Gasteiger partial charge in [-0.25, -0.2) is 0 Å². The van der Waals surface area contributed by atoms with Crippen molar-refractivity contribution in [3.05, 3.63) is 30.5 Å². The second-order valence-electron chi connectivity index (χ2n) is 3.35. The summed E-state index contributed by atoms with van der Waals surface area (Å²) < 4.78 is 2.01. The lowest BCUT2D eigenvalue weighted by atomic mass is 10.2. The number of hydrogen-bond acceptors (Lipinski definition) is 1. The molecule has 0 unspecified atom stereocenters. The monoisotopic (exact) mass is 222 g/mol. The van der Waals surface area contributed by atoms with Crippen LogP contribution in [0.2, 0.25) is 0 Å². The van der Waals surface area contributed by atoms with Gasteiger partial charge in [0.05, 0.1) is 5.69 Å². The molecule has 2 aromatic rings. The summed E-state index contributed by atoms with van der Waals surface area (Å²) in [5, 5.41) is 3.79. The normalized spacial score (nSPS) is 10.5. The highest BCUT2D eigenvalue weighted by atomic mass is 35.5. The average Bonchev–Trinajstić information content (AvgIpc) is 2.62. The first-order valence-corrected chi connectivity index (χ1v) is 5.15. The molecule has 15 heavy (non-hydrogen) atoms. The largest absolute Gasteiger partial charge is 0.350 e. The molecule has 78 valence electrons. The maximum absolute atomic E-state index is 11.2. The van der Waals surface area contributed by atoms with Gasteiger partial charge < -0.3 is 9.88 Å². The molecule has 1 aromatic carbocycles. The van der Waals surface area contributed by atoms with Gasteiger partial charge in [-0.3, -0.25) is 4.79 Å². The first kappa shape index (κ1) is 10.1. The molecule has 0 saturated heterocycles. The van der Waals surface area contributed by atoms with Crippen molar-refractivity contribution in [3.8, 4) is 0 Å². The van der Waals surface area contributed by atoms with Gasteiger partial charge in [-0.05, 0) is 18.2 Å². The van der Waals surface area contributed by atoms with Gasteiger partial charge in [-0.15, -0.1) is 11.6 Å². The van der Waals surface area contributed by atoms with Gasteiger partial charge in [0.1, 0.15) is 5.88 Å². The highest BCUT2D eigenvalue weighted by molar-refractivity contribution is 6.29. The summed E-state index contributed by atoms with van der Waals surface area (Å²) in [5.74, 6) is -0.212. The molecule has 0 bridgehead atoms. The lowest BCUT2D eigenvalue weighted by Gasteiger charge is -2.05. The Morgan fingerprint density at radius 2 is 2.27 bits per heavy atom. The van der Waals surface area contributed by atoms with E-state index in [0.717, 1.165) is 16.6 Å². The fourth-order valence-electron chi connectivity index (χ4n) is 1.59. The minimum atomic E-state index is -0.187. The van der Waals surface area contributed by atoms with Crippen molar-refractivity contribution in [2.24, 2.45) is 7.05 Å². The lowest BCUT2D eigenvalue weighted by Crippen LogP contribution is -2.12. The number of carbonyl (C=O) groups excluding carboxylic acids is 1. The van der Waals surface area contributed by atoms with E-state index in [4.69, 9.17) is 11.6 Å². The van der Waals surface area contributed by atoms with Crippen LogP contribution in [0, 0.1) is 0 Å². The van der Waals surface area contributed by atoms with Crippen molar-refractivity contribution in [3.63, 3.8) is 0 Å². The molecule has 1 aromatic heterocycles. The van der Waals surface area contributed by atoms with Gasteiger partial charge in [-0.2, -0.15) is 0 Å². The molecule has 1 amide bonds. The summed E-state index contributed by atoms with van der Waals surface area (Å²) in [7, 11) is 1.97. The van der Waals surface area contributed by atoms with Crippen LogP contribution in [0.4, 0.5) is 5.69 Å². The Morgan fingerprint density at radius 3 is 3.00 bits per heavy atom. The van der Waals surface area contributed by atoms with Crippen LogP contribution in [0.3, 0.4) is 0 Å². The summed E-state index contributed by atoms with van der Waals surface area (Å²) in [6.45, 7) is 0. The number of amides is 1. The zero-order valence-corrected chi connectivity index (χ0v) is 9.08. The fraction of sp³-hybridized carbons (Fsp3) is 0.182. The van der Waals surface area contributed by atoms with E-state index in [1.807, 2.05) is 42.1 Å². The maximum atomic E-state index is 11.2. The summed E-state index contributed by atoms with van der Waals surface area (Å²) in [6.07, 6.45) is 1.96. The van der Waals surface area contributed by atoms with Crippen LogP contribution in [0.25, 0.3) is 10.9 Å². The van der Waals surface area contributed by atoms with Crippen LogP contribution in [0.5, 0.6) is 0 Å². The Labute approximate surface area is 92.6 Å². The van der Waals surface area contributed by atoms with Crippen LogP contribution < -0.4 is 5.32 Å². The maximum Gasteiger partial charge on any atom is 0.239 e. The van der Waals surface area contributed by atoms with E-state index < -0.39 is 0 Å². The van der Waals surface area contributed by atoms with E-state index in [1.54, 1.807) is 0 Å². The number of fused-ring (bicyclic) bond motifs is 1. The molecule has 0 fully saturated rings. The molecular formula is C11H11ClN2O. The van der Waals surface area contributed by atoms with Crippen molar-refractivity contribution in [1.29, 1.82) is 0 Å². The number of alkyl halides is 1. The van der Waals surface area contributed by atoms with E-state index in [0.29, 0.717) is 0 Å². The van der Waals surface area contributed by atoms with Gasteiger partial charge in [0.25, 0.3) is 0 Å². The zero-order valence-electron chi connectivity index (χ0n) is 8.33. The number of rotatable bonds is 2. The number of hydrogen-bond donors (Lipinski definition) is 1. The Hall–Kier alpha value is -1.48. The fourth-order valence-corrected chi connectivity index (χ4v) is 1.66. The molecule has 0 radical (unpaired) electrons. The topological polar surface area (TPSA) is 34.0 Å². The number of nitrogens with zero attached hydrogens (tertiary/aromatic N) is 1. The molecule has 4 heteroatoms. The molecular weight excluding hydrogens is 212 g/mol. The van der Waals surface area contributed by atoms with E-state index in [1.165, 1.54) is 0 Å².